The van der Waals surface area contributed by atoms with Gasteiger partial charge in [0.05, 0.1) is 5.52 Å². The molecule has 0 saturated carbocycles. The predicted octanol–water partition coefficient (Wildman–Crippen LogP) is 3.52. The van der Waals surface area contributed by atoms with Crippen molar-refractivity contribution in [2.45, 2.75) is 20.0 Å². The molecule has 11 heteroatoms. The van der Waals surface area contributed by atoms with Crippen LogP contribution in [0.1, 0.15) is 24.3 Å². The number of aliphatic carboxylic acids is 1. The van der Waals surface area contributed by atoms with Crippen LogP contribution in [0.25, 0.3) is 16.9 Å². The van der Waals surface area contributed by atoms with Crippen molar-refractivity contribution >= 4 is 17.4 Å². The van der Waals surface area contributed by atoms with Crippen LogP contribution in [0.15, 0.2) is 48.7 Å². The molecule has 7 nitrogen and oxygen atoms in total. The standard InChI is InChI=1S/C19H20FN3O2.C2HF3O2/c1-19(2,12-24)11-21-18(25)16-15-5-3-4-10-23(15)17(22-16)13-6-8-14(20)9-7-13;3-2(4,5)1(6)7/h3-10,24H,11-12H2,1-2H3,(H,21,25);(H,6,7). The second-order valence-electron chi connectivity index (χ2n) is 7.55. The monoisotopic (exact) mass is 455 g/mol. The number of alkyl halides is 3. The zero-order valence-electron chi connectivity index (χ0n) is 17.2. The van der Waals surface area contributed by atoms with Gasteiger partial charge in [-0.05, 0) is 36.4 Å². The summed E-state index contributed by atoms with van der Waals surface area (Å²) in [6.45, 7) is 4.03. The Morgan fingerprint density at radius 3 is 2.22 bits per heavy atom. The number of fused-ring (bicyclic) bond motifs is 1. The lowest BCUT2D eigenvalue weighted by atomic mass is 9.95. The maximum Gasteiger partial charge on any atom is 0.490 e. The van der Waals surface area contributed by atoms with Gasteiger partial charge in [0.2, 0.25) is 0 Å². The van der Waals surface area contributed by atoms with E-state index in [1.165, 1.54) is 12.1 Å². The molecule has 0 bridgehead atoms. The molecule has 3 N–H and O–H groups in total. The first-order valence-corrected chi connectivity index (χ1v) is 9.28. The van der Waals surface area contributed by atoms with Crippen molar-refractivity contribution in [2.75, 3.05) is 13.2 Å². The maximum atomic E-state index is 13.2. The Morgan fingerprint density at radius 2 is 1.69 bits per heavy atom. The molecule has 0 aliphatic carbocycles. The van der Waals surface area contributed by atoms with Crippen molar-refractivity contribution in [3.63, 3.8) is 0 Å². The average Bonchev–Trinajstić information content (AvgIpc) is 3.12. The number of rotatable bonds is 5. The number of nitrogens with one attached hydrogen (secondary N) is 1. The first-order valence-electron chi connectivity index (χ1n) is 9.28. The molecule has 3 rings (SSSR count). The molecule has 2 heterocycles. The normalized spacial score (nSPS) is 11.6. The van der Waals surface area contributed by atoms with E-state index in [9.17, 15) is 27.5 Å². The summed E-state index contributed by atoms with van der Waals surface area (Å²) in [5, 5.41) is 19.3. The molecule has 1 amide bonds. The molecular formula is C21H21F4N3O4. The fraction of sp³-hybridized carbons (Fsp3) is 0.286. The van der Waals surface area contributed by atoms with Crippen molar-refractivity contribution < 1.29 is 37.4 Å². The van der Waals surface area contributed by atoms with E-state index in [0.717, 1.165) is 5.56 Å². The van der Waals surface area contributed by atoms with Gasteiger partial charge in [-0.3, -0.25) is 9.20 Å². The Hall–Kier alpha value is -3.47. The highest BCUT2D eigenvalue weighted by molar-refractivity contribution is 6.00. The summed E-state index contributed by atoms with van der Waals surface area (Å²) in [4.78, 5) is 26.0. The van der Waals surface area contributed by atoms with E-state index in [0.29, 0.717) is 23.6 Å². The minimum atomic E-state index is -5.08. The van der Waals surface area contributed by atoms with E-state index in [-0.39, 0.29) is 18.3 Å². The summed E-state index contributed by atoms with van der Waals surface area (Å²) >= 11 is 0. The molecule has 0 radical (unpaired) electrons. The van der Waals surface area contributed by atoms with Crippen LogP contribution in [0.4, 0.5) is 17.6 Å². The van der Waals surface area contributed by atoms with Gasteiger partial charge >= 0.3 is 12.1 Å². The van der Waals surface area contributed by atoms with Crippen LogP contribution in [0.2, 0.25) is 0 Å². The molecule has 0 saturated heterocycles. The van der Waals surface area contributed by atoms with Crippen LogP contribution in [-0.4, -0.2) is 50.8 Å². The van der Waals surface area contributed by atoms with Crippen LogP contribution in [0.3, 0.4) is 0 Å². The number of halogens is 4. The van der Waals surface area contributed by atoms with Crippen LogP contribution in [-0.2, 0) is 4.79 Å². The summed E-state index contributed by atoms with van der Waals surface area (Å²) < 4.78 is 46.7. The number of hydrogen-bond donors (Lipinski definition) is 3. The van der Waals surface area contributed by atoms with Crippen LogP contribution < -0.4 is 5.32 Å². The third-order valence-electron chi connectivity index (χ3n) is 4.26. The van der Waals surface area contributed by atoms with Gasteiger partial charge in [-0.2, -0.15) is 13.2 Å². The number of aliphatic hydroxyl groups is 1. The number of pyridine rings is 1. The van der Waals surface area contributed by atoms with E-state index in [2.05, 4.69) is 10.3 Å². The molecule has 1 aromatic carbocycles. The van der Waals surface area contributed by atoms with Crippen LogP contribution >= 0.6 is 0 Å². The largest absolute Gasteiger partial charge is 0.490 e. The topological polar surface area (TPSA) is 104 Å². The highest BCUT2D eigenvalue weighted by Gasteiger charge is 2.38. The minimum absolute atomic E-state index is 0.0297. The molecule has 0 fully saturated rings. The molecule has 3 aromatic rings. The van der Waals surface area contributed by atoms with Gasteiger partial charge in [0.1, 0.15) is 11.6 Å². The fourth-order valence-corrected chi connectivity index (χ4v) is 2.47. The molecule has 172 valence electrons. The van der Waals surface area contributed by atoms with Crippen molar-refractivity contribution in [2.24, 2.45) is 5.41 Å². The number of nitrogens with zero attached hydrogens (tertiary/aromatic N) is 2. The fourth-order valence-electron chi connectivity index (χ4n) is 2.47. The van der Waals surface area contributed by atoms with E-state index < -0.39 is 17.6 Å². The number of carbonyl (C=O) groups is 2. The number of amides is 1. The van der Waals surface area contributed by atoms with Gasteiger partial charge in [-0.25, -0.2) is 14.2 Å². The van der Waals surface area contributed by atoms with Crippen molar-refractivity contribution in [3.05, 3.63) is 60.2 Å². The maximum absolute atomic E-state index is 13.2. The number of carboxylic acids is 1. The lowest BCUT2D eigenvalue weighted by Gasteiger charge is -2.21. The molecule has 0 aliphatic heterocycles. The number of aromatic nitrogens is 2. The number of hydrogen-bond acceptors (Lipinski definition) is 4. The molecule has 32 heavy (non-hydrogen) atoms. The highest BCUT2D eigenvalue weighted by atomic mass is 19.4. The quantitative estimate of drug-likeness (QED) is 0.511. The third kappa shape index (κ3) is 6.27. The van der Waals surface area contributed by atoms with E-state index in [4.69, 9.17) is 9.90 Å². The van der Waals surface area contributed by atoms with E-state index >= 15 is 0 Å². The molecule has 0 spiro atoms. The molecule has 0 unspecified atom stereocenters. The van der Waals surface area contributed by atoms with Gasteiger partial charge in [0.15, 0.2) is 5.69 Å². The van der Waals surface area contributed by atoms with Crippen LogP contribution in [0.5, 0.6) is 0 Å². The van der Waals surface area contributed by atoms with Crippen molar-refractivity contribution in [3.8, 4) is 11.4 Å². The number of carboxylic acid groups (broad SMARTS) is 1. The molecule has 0 atom stereocenters. The summed E-state index contributed by atoms with van der Waals surface area (Å²) in [6.07, 6.45) is -3.27. The van der Waals surface area contributed by atoms with Crippen molar-refractivity contribution in [1.29, 1.82) is 0 Å². The predicted molar refractivity (Wildman–Crippen MR) is 107 cm³/mol. The number of aliphatic hydroxyl groups excluding tert-OH is 1. The summed E-state index contributed by atoms with van der Waals surface area (Å²) in [6, 6.07) is 11.5. The van der Waals surface area contributed by atoms with Gasteiger partial charge in [0, 0.05) is 30.3 Å². The minimum Gasteiger partial charge on any atom is -0.475 e. The van der Waals surface area contributed by atoms with E-state index in [1.807, 2.05) is 38.2 Å². The first kappa shape index (κ1) is 24.8. The lowest BCUT2D eigenvalue weighted by molar-refractivity contribution is -0.192. The summed E-state index contributed by atoms with van der Waals surface area (Å²) in [5.74, 6) is -2.82. The Labute approximate surface area is 180 Å². The Bertz CT molecular complexity index is 1090. The van der Waals surface area contributed by atoms with Crippen LogP contribution in [0, 0.1) is 11.2 Å². The SMILES string of the molecule is CC(C)(CO)CNC(=O)c1nc(-c2ccc(F)cc2)n2ccccc12.O=C(O)C(F)(F)F. The van der Waals surface area contributed by atoms with Crippen molar-refractivity contribution in [1.82, 2.24) is 14.7 Å². The highest BCUT2D eigenvalue weighted by Crippen LogP contribution is 2.23. The Balaban J connectivity index is 0.000000451. The smallest absolute Gasteiger partial charge is 0.475 e. The molecular weight excluding hydrogens is 434 g/mol. The second kappa shape index (κ2) is 9.77. The number of benzene rings is 1. The van der Waals surface area contributed by atoms with Gasteiger partial charge < -0.3 is 15.5 Å². The number of carbonyl (C=O) groups excluding carboxylic acids is 1. The number of imidazole rings is 1. The average molecular weight is 455 g/mol. The second-order valence-corrected chi connectivity index (χ2v) is 7.55. The summed E-state index contributed by atoms with van der Waals surface area (Å²) in [5.41, 5.74) is 1.28. The zero-order valence-corrected chi connectivity index (χ0v) is 17.2. The molecule has 0 aliphatic rings. The molecule has 2 aromatic heterocycles. The zero-order chi connectivity index (χ0) is 24.1. The van der Waals surface area contributed by atoms with E-state index in [1.54, 1.807) is 16.5 Å². The van der Waals surface area contributed by atoms with Gasteiger partial charge in [-0.15, -0.1) is 0 Å². The van der Waals surface area contributed by atoms with Gasteiger partial charge in [0.25, 0.3) is 5.91 Å². The lowest BCUT2D eigenvalue weighted by Crippen LogP contribution is -2.36. The Kier molecular flexibility index (Phi) is 7.57. The third-order valence-corrected chi connectivity index (χ3v) is 4.26. The Morgan fingerprint density at radius 1 is 1.09 bits per heavy atom. The first-order chi connectivity index (χ1) is 14.9. The van der Waals surface area contributed by atoms with Gasteiger partial charge in [-0.1, -0.05) is 19.9 Å². The summed E-state index contributed by atoms with van der Waals surface area (Å²) in [7, 11) is 0.